The summed E-state index contributed by atoms with van der Waals surface area (Å²) in [6, 6.07) is -0.883. The van der Waals surface area contributed by atoms with E-state index in [4.69, 9.17) is 5.14 Å². The predicted octanol–water partition coefficient (Wildman–Crippen LogP) is -1.48. The summed E-state index contributed by atoms with van der Waals surface area (Å²) in [7, 11) is -3.77. The van der Waals surface area contributed by atoms with Crippen molar-refractivity contribution < 1.29 is 22.8 Å². The first-order valence-electron chi connectivity index (χ1n) is 5.44. The summed E-state index contributed by atoms with van der Waals surface area (Å²) >= 11 is 0. The largest absolute Gasteiger partial charge is 0.330 e. The molecule has 8 nitrogen and oxygen atoms in total. The van der Waals surface area contributed by atoms with E-state index in [9.17, 15) is 22.8 Å². The van der Waals surface area contributed by atoms with Crippen LogP contribution in [0, 0.1) is 5.41 Å². The molecule has 4 amide bonds. The Balaban J connectivity index is 2.17. The number of nitrogens with zero attached hydrogens (tertiary/aromatic N) is 1. The smallest absolute Gasteiger partial charge is 0.277 e. The molecule has 0 bridgehead atoms. The summed E-state index contributed by atoms with van der Waals surface area (Å²) in [5.41, 5.74) is -1.17. The minimum absolute atomic E-state index is 0.335. The van der Waals surface area contributed by atoms with E-state index in [-0.39, 0.29) is 6.54 Å². The molecule has 2 fully saturated rings. The molecule has 9 heteroatoms. The summed E-state index contributed by atoms with van der Waals surface area (Å²) in [5, 5.41) is 6.90. The van der Waals surface area contributed by atoms with Gasteiger partial charge in [0.1, 0.15) is 5.41 Å². The van der Waals surface area contributed by atoms with Gasteiger partial charge in [-0.15, -0.1) is 0 Å². The number of sulfonamides is 1. The van der Waals surface area contributed by atoms with Crippen molar-refractivity contribution in [3.8, 4) is 0 Å². The number of amides is 4. The zero-order valence-electron chi connectivity index (χ0n) is 9.51. The van der Waals surface area contributed by atoms with Crippen LogP contribution in [0.25, 0.3) is 0 Å². The summed E-state index contributed by atoms with van der Waals surface area (Å²) in [6.45, 7) is -0.335. The van der Waals surface area contributed by atoms with Crippen molar-refractivity contribution in [3.63, 3.8) is 0 Å². The standard InChI is InChI=1S/C9H13N3O5S/c10-18(16,17)5-4-12-7(14)9(2-1-3-9)6(13)11-8(12)15/h1-5H2,(H2,10,16,17)(H,11,13,15). The SMILES string of the molecule is NS(=O)(=O)CCN1C(=O)NC(=O)C2(CCC2)C1=O. The normalized spacial score (nSPS) is 22.9. The molecular formula is C9H13N3O5S. The lowest BCUT2D eigenvalue weighted by Gasteiger charge is -2.44. The van der Waals surface area contributed by atoms with E-state index in [1.54, 1.807) is 0 Å². The van der Waals surface area contributed by atoms with E-state index in [0.29, 0.717) is 12.8 Å². The highest BCUT2D eigenvalue weighted by atomic mass is 32.2. The zero-order chi connectivity index (χ0) is 13.6. The monoisotopic (exact) mass is 275 g/mol. The van der Waals surface area contributed by atoms with Gasteiger partial charge in [0.15, 0.2) is 0 Å². The van der Waals surface area contributed by atoms with Crippen LogP contribution < -0.4 is 10.5 Å². The Morgan fingerprint density at radius 3 is 2.33 bits per heavy atom. The Labute approximate surface area is 104 Å². The Morgan fingerprint density at radius 2 is 1.89 bits per heavy atom. The Bertz CT molecular complexity index is 522. The van der Waals surface area contributed by atoms with E-state index < -0.39 is 39.0 Å². The van der Waals surface area contributed by atoms with Crippen LogP contribution in [0.4, 0.5) is 4.79 Å². The lowest BCUT2D eigenvalue weighted by atomic mass is 9.66. The second kappa shape index (κ2) is 4.02. The van der Waals surface area contributed by atoms with E-state index in [0.717, 1.165) is 11.3 Å². The molecule has 1 aliphatic heterocycles. The fourth-order valence-corrected chi connectivity index (χ4v) is 2.56. The van der Waals surface area contributed by atoms with Gasteiger partial charge in [-0.1, -0.05) is 6.42 Å². The molecule has 0 aromatic rings. The molecule has 18 heavy (non-hydrogen) atoms. The average molecular weight is 275 g/mol. The first-order valence-corrected chi connectivity index (χ1v) is 7.16. The molecule has 0 aromatic heterocycles. The summed E-state index contributed by atoms with van der Waals surface area (Å²) in [5.74, 6) is -1.72. The molecule has 1 heterocycles. The number of primary sulfonamides is 1. The summed E-state index contributed by atoms with van der Waals surface area (Å²) in [4.78, 5) is 36.0. The van der Waals surface area contributed by atoms with Gasteiger partial charge in [-0.2, -0.15) is 0 Å². The van der Waals surface area contributed by atoms with Crippen molar-refractivity contribution >= 4 is 27.9 Å². The molecule has 2 aliphatic rings. The first-order chi connectivity index (χ1) is 8.26. The molecule has 0 radical (unpaired) electrons. The van der Waals surface area contributed by atoms with Crippen LogP contribution >= 0.6 is 0 Å². The molecular weight excluding hydrogens is 262 g/mol. The number of rotatable bonds is 3. The Hall–Kier alpha value is -1.48. The predicted molar refractivity (Wildman–Crippen MR) is 59.5 cm³/mol. The third kappa shape index (κ3) is 1.99. The third-order valence-electron chi connectivity index (χ3n) is 3.36. The van der Waals surface area contributed by atoms with Gasteiger partial charge in [0.2, 0.25) is 21.8 Å². The fourth-order valence-electron chi connectivity index (χ4n) is 2.12. The Kier molecular flexibility index (Phi) is 2.90. The lowest BCUT2D eigenvalue weighted by Crippen LogP contribution is -2.66. The number of nitrogens with one attached hydrogen (secondary N) is 1. The van der Waals surface area contributed by atoms with Crippen molar-refractivity contribution in [2.24, 2.45) is 10.6 Å². The minimum atomic E-state index is -3.77. The van der Waals surface area contributed by atoms with E-state index in [2.05, 4.69) is 5.32 Å². The van der Waals surface area contributed by atoms with E-state index in [1.807, 2.05) is 0 Å². The highest BCUT2D eigenvalue weighted by Crippen LogP contribution is 2.44. The maximum absolute atomic E-state index is 12.1. The van der Waals surface area contributed by atoms with Gasteiger partial charge in [-0.05, 0) is 12.8 Å². The number of urea groups is 1. The van der Waals surface area contributed by atoms with Gasteiger partial charge in [0.25, 0.3) is 0 Å². The second-order valence-electron chi connectivity index (χ2n) is 4.52. The summed E-state index contributed by atoms with van der Waals surface area (Å²) < 4.78 is 21.7. The van der Waals surface area contributed by atoms with Gasteiger partial charge in [-0.3, -0.25) is 19.8 Å². The minimum Gasteiger partial charge on any atom is -0.277 e. The van der Waals surface area contributed by atoms with Crippen molar-refractivity contribution in [2.75, 3.05) is 12.3 Å². The molecule has 2 rings (SSSR count). The van der Waals surface area contributed by atoms with Crippen molar-refractivity contribution in [1.82, 2.24) is 10.2 Å². The van der Waals surface area contributed by atoms with Gasteiger partial charge in [0.05, 0.1) is 5.75 Å². The lowest BCUT2D eigenvalue weighted by molar-refractivity contribution is -0.157. The summed E-state index contributed by atoms with van der Waals surface area (Å²) in [6.07, 6.45) is 1.50. The van der Waals surface area contributed by atoms with Gasteiger partial charge in [0, 0.05) is 6.54 Å². The molecule has 0 atom stereocenters. The van der Waals surface area contributed by atoms with Crippen LogP contribution in [0.2, 0.25) is 0 Å². The van der Waals surface area contributed by atoms with Crippen molar-refractivity contribution in [3.05, 3.63) is 0 Å². The van der Waals surface area contributed by atoms with Crippen LogP contribution in [-0.2, 0) is 19.6 Å². The number of imide groups is 2. The van der Waals surface area contributed by atoms with E-state index in [1.165, 1.54) is 0 Å². The highest BCUT2D eigenvalue weighted by Gasteiger charge is 2.57. The first kappa shape index (κ1) is 13.0. The van der Waals surface area contributed by atoms with Crippen LogP contribution in [0.5, 0.6) is 0 Å². The molecule has 3 N–H and O–H groups in total. The van der Waals surface area contributed by atoms with Crippen molar-refractivity contribution in [1.29, 1.82) is 0 Å². The van der Waals surface area contributed by atoms with Gasteiger partial charge >= 0.3 is 6.03 Å². The second-order valence-corrected chi connectivity index (χ2v) is 6.25. The molecule has 100 valence electrons. The average Bonchev–Trinajstić information content (AvgIpc) is 2.12. The van der Waals surface area contributed by atoms with Crippen LogP contribution in [0.15, 0.2) is 0 Å². The highest BCUT2D eigenvalue weighted by molar-refractivity contribution is 7.89. The number of carbonyl (C=O) groups excluding carboxylic acids is 3. The number of hydrogen-bond acceptors (Lipinski definition) is 5. The van der Waals surface area contributed by atoms with Crippen LogP contribution in [0.3, 0.4) is 0 Å². The third-order valence-corrected chi connectivity index (χ3v) is 4.11. The van der Waals surface area contributed by atoms with Crippen molar-refractivity contribution in [2.45, 2.75) is 19.3 Å². The molecule has 1 spiro atoms. The topological polar surface area (TPSA) is 127 Å². The van der Waals surface area contributed by atoms with E-state index >= 15 is 0 Å². The molecule has 1 saturated carbocycles. The maximum Gasteiger partial charge on any atom is 0.330 e. The van der Waals surface area contributed by atoms with Crippen LogP contribution in [-0.4, -0.2) is 43.5 Å². The van der Waals surface area contributed by atoms with Gasteiger partial charge in [-0.25, -0.2) is 18.4 Å². The Morgan fingerprint density at radius 1 is 1.28 bits per heavy atom. The quantitative estimate of drug-likeness (QED) is 0.607. The molecule has 1 aliphatic carbocycles. The van der Waals surface area contributed by atoms with Crippen LogP contribution in [0.1, 0.15) is 19.3 Å². The number of carbonyl (C=O) groups is 3. The molecule has 1 saturated heterocycles. The number of nitrogens with two attached hydrogens (primary N) is 1. The van der Waals surface area contributed by atoms with Gasteiger partial charge < -0.3 is 0 Å². The molecule has 0 unspecified atom stereocenters. The zero-order valence-corrected chi connectivity index (χ0v) is 10.3. The number of hydrogen-bond donors (Lipinski definition) is 2. The fraction of sp³-hybridized carbons (Fsp3) is 0.667. The molecule has 0 aromatic carbocycles. The maximum atomic E-state index is 12.1. The number of barbiturate groups is 1.